The summed E-state index contributed by atoms with van der Waals surface area (Å²) in [5.41, 5.74) is 10.6. The average molecular weight is 299 g/mol. The van der Waals surface area contributed by atoms with E-state index in [4.69, 9.17) is 11.1 Å². The molecule has 0 amide bonds. The Morgan fingerprint density at radius 3 is 2.94 bits per heavy atom. The van der Waals surface area contributed by atoms with E-state index >= 15 is 0 Å². The number of rotatable bonds is 2. The van der Waals surface area contributed by atoms with Crippen molar-refractivity contribution in [2.45, 2.75) is 0 Å². The summed E-state index contributed by atoms with van der Waals surface area (Å²) in [6.07, 6.45) is 0. The van der Waals surface area contributed by atoms with Crippen molar-refractivity contribution in [1.82, 2.24) is 5.43 Å². The molecule has 0 atom stereocenters. The van der Waals surface area contributed by atoms with Crippen LogP contribution in [0.4, 0.5) is 10.1 Å². The summed E-state index contributed by atoms with van der Waals surface area (Å²) in [7, 11) is 0. The van der Waals surface area contributed by atoms with Gasteiger partial charge in [-0.2, -0.15) is 10.2 Å². The zero-order valence-electron chi connectivity index (χ0n) is 8.46. The maximum Gasteiger partial charge on any atom is 0.175 e. The third-order valence-electron chi connectivity index (χ3n) is 1.98. The monoisotopic (exact) mass is 298 g/mol. The summed E-state index contributed by atoms with van der Waals surface area (Å²) in [5.74, 6) is -0.408. The maximum atomic E-state index is 13.4. The molecule has 5 N–H and O–H groups in total. The van der Waals surface area contributed by atoms with Crippen molar-refractivity contribution in [3.8, 4) is 0 Å². The molecule has 0 fully saturated rings. The molecule has 0 unspecified atom stereocenters. The summed E-state index contributed by atoms with van der Waals surface area (Å²) in [6, 6.07) is 4.39. The quantitative estimate of drug-likeness (QED) is 0.618. The molecule has 0 aromatic heterocycles. The number of nitrogens with two attached hydrogens (primary N) is 1. The van der Waals surface area contributed by atoms with Crippen LogP contribution >= 0.6 is 15.9 Å². The van der Waals surface area contributed by atoms with E-state index in [1.54, 1.807) is 6.07 Å². The van der Waals surface area contributed by atoms with Gasteiger partial charge in [0.2, 0.25) is 0 Å². The van der Waals surface area contributed by atoms with Gasteiger partial charge < -0.3 is 5.73 Å². The van der Waals surface area contributed by atoms with Crippen LogP contribution < -0.4 is 16.6 Å². The molecule has 1 aromatic rings. The Balaban J connectivity index is 2.22. The zero-order chi connectivity index (χ0) is 12.4. The van der Waals surface area contributed by atoms with E-state index in [1.807, 2.05) is 0 Å². The second kappa shape index (κ2) is 4.50. The van der Waals surface area contributed by atoms with Crippen molar-refractivity contribution >= 4 is 39.0 Å². The minimum Gasteiger partial charge on any atom is -0.380 e. The molecule has 1 aliphatic rings. The second-order valence-electron chi connectivity index (χ2n) is 3.18. The van der Waals surface area contributed by atoms with Gasteiger partial charge in [0.1, 0.15) is 5.82 Å². The van der Waals surface area contributed by atoms with Crippen LogP contribution in [0.25, 0.3) is 0 Å². The molecule has 0 bridgehead atoms. The summed E-state index contributed by atoms with van der Waals surface area (Å²) in [6.45, 7) is 0. The first-order chi connectivity index (χ1) is 8.08. The first-order valence-corrected chi connectivity index (χ1v) is 5.34. The predicted octanol–water partition coefficient (Wildman–Crippen LogP) is 1.21. The number of hydrazone groups is 2. The fourth-order valence-electron chi connectivity index (χ4n) is 1.16. The highest BCUT2D eigenvalue weighted by molar-refractivity contribution is 9.10. The zero-order valence-corrected chi connectivity index (χ0v) is 10.0. The van der Waals surface area contributed by atoms with E-state index in [2.05, 4.69) is 37.0 Å². The molecule has 1 heterocycles. The SMILES string of the molecule is N=C1NN=C(N)/C1=N/Nc1cc(Br)ccc1F. The van der Waals surface area contributed by atoms with E-state index in [9.17, 15) is 4.39 Å². The number of nitrogens with zero attached hydrogens (tertiary/aromatic N) is 2. The average Bonchev–Trinajstić information content (AvgIpc) is 2.61. The van der Waals surface area contributed by atoms with Gasteiger partial charge in [-0.1, -0.05) is 15.9 Å². The van der Waals surface area contributed by atoms with Gasteiger partial charge in [-0.05, 0) is 18.2 Å². The van der Waals surface area contributed by atoms with Gasteiger partial charge in [-0.15, -0.1) is 0 Å². The van der Waals surface area contributed by atoms with Crippen molar-refractivity contribution in [2.24, 2.45) is 15.9 Å². The molecule has 88 valence electrons. The Morgan fingerprint density at radius 1 is 1.53 bits per heavy atom. The Labute approximate surface area is 104 Å². The number of halogens is 2. The van der Waals surface area contributed by atoms with Crippen LogP contribution in [0.5, 0.6) is 0 Å². The normalized spacial score (nSPS) is 16.9. The van der Waals surface area contributed by atoms with Gasteiger partial charge in [0, 0.05) is 4.47 Å². The van der Waals surface area contributed by atoms with E-state index in [1.165, 1.54) is 12.1 Å². The fraction of sp³-hybridized carbons (Fsp3) is 0. The smallest absolute Gasteiger partial charge is 0.175 e. The highest BCUT2D eigenvalue weighted by atomic mass is 79.9. The number of nitrogens with one attached hydrogen (secondary N) is 3. The second-order valence-corrected chi connectivity index (χ2v) is 4.10. The van der Waals surface area contributed by atoms with Gasteiger partial charge >= 0.3 is 0 Å². The van der Waals surface area contributed by atoms with Crippen molar-refractivity contribution in [3.05, 3.63) is 28.5 Å². The minimum absolute atomic E-state index is 0.0367. The number of hydrogen-bond acceptors (Lipinski definition) is 5. The summed E-state index contributed by atoms with van der Waals surface area (Å²) < 4.78 is 14.1. The molecule has 1 aromatic carbocycles. The van der Waals surface area contributed by atoms with Gasteiger partial charge in [-0.25, -0.2) is 4.39 Å². The molecule has 0 spiro atoms. The van der Waals surface area contributed by atoms with E-state index in [0.717, 1.165) is 0 Å². The summed E-state index contributed by atoms with van der Waals surface area (Å²) in [5, 5.41) is 14.8. The van der Waals surface area contributed by atoms with Gasteiger partial charge in [0.15, 0.2) is 17.4 Å². The summed E-state index contributed by atoms with van der Waals surface area (Å²) >= 11 is 3.22. The fourth-order valence-corrected chi connectivity index (χ4v) is 1.52. The van der Waals surface area contributed by atoms with Gasteiger partial charge in [0.05, 0.1) is 5.69 Å². The molecule has 1 aliphatic heterocycles. The molecular formula is C9H8BrFN6. The number of anilines is 1. The van der Waals surface area contributed by atoms with Crippen molar-refractivity contribution < 1.29 is 4.39 Å². The van der Waals surface area contributed by atoms with Crippen molar-refractivity contribution in [1.29, 1.82) is 5.41 Å². The lowest BCUT2D eigenvalue weighted by molar-refractivity contribution is 0.630. The Morgan fingerprint density at radius 2 is 2.29 bits per heavy atom. The first-order valence-electron chi connectivity index (χ1n) is 4.55. The lowest BCUT2D eigenvalue weighted by Gasteiger charge is -2.03. The minimum atomic E-state index is -0.453. The third kappa shape index (κ3) is 2.41. The topological polar surface area (TPSA) is 98.7 Å². The van der Waals surface area contributed by atoms with Crippen LogP contribution in [0.2, 0.25) is 0 Å². The lowest BCUT2D eigenvalue weighted by Crippen LogP contribution is -2.28. The molecule has 0 saturated heterocycles. The largest absolute Gasteiger partial charge is 0.380 e. The predicted molar refractivity (Wildman–Crippen MR) is 67.6 cm³/mol. The molecule has 0 aliphatic carbocycles. The standard InChI is InChI=1S/C9H8BrFN6/c10-4-1-2-5(11)6(3-4)14-15-7-8(12)16-17-9(7)13/h1-3,14H,(H4,12,13,15,16,17). The molecule has 17 heavy (non-hydrogen) atoms. The molecular weight excluding hydrogens is 291 g/mol. The molecule has 0 saturated carbocycles. The Bertz CT molecular complexity index is 538. The van der Waals surface area contributed by atoms with Crippen LogP contribution in [0.15, 0.2) is 32.9 Å². The van der Waals surface area contributed by atoms with Crippen LogP contribution in [0, 0.1) is 11.2 Å². The van der Waals surface area contributed by atoms with Crippen molar-refractivity contribution in [3.63, 3.8) is 0 Å². The number of benzene rings is 1. The molecule has 0 radical (unpaired) electrons. The van der Waals surface area contributed by atoms with Gasteiger partial charge in [-0.3, -0.25) is 16.3 Å². The van der Waals surface area contributed by atoms with E-state index in [0.29, 0.717) is 4.47 Å². The Kier molecular flexibility index (Phi) is 3.05. The van der Waals surface area contributed by atoms with E-state index in [-0.39, 0.29) is 23.1 Å². The number of hydrogen-bond donors (Lipinski definition) is 4. The van der Waals surface area contributed by atoms with E-state index < -0.39 is 5.82 Å². The summed E-state index contributed by atoms with van der Waals surface area (Å²) in [4.78, 5) is 0. The highest BCUT2D eigenvalue weighted by Crippen LogP contribution is 2.19. The van der Waals surface area contributed by atoms with Crippen LogP contribution in [-0.2, 0) is 0 Å². The molecule has 2 rings (SSSR count). The lowest BCUT2D eigenvalue weighted by atomic mass is 10.3. The van der Waals surface area contributed by atoms with Crippen molar-refractivity contribution in [2.75, 3.05) is 5.43 Å². The number of amidine groups is 2. The molecule has 6 nitrogen and oxygen atoms in total. The van der Waals surface area contributed by atoms with Crippen LogP contribution in [0.3, 0.4) is 0 Å². The third-order valence-corrected chi connectivity index (χ3v) is 2.48. The first kappa shape index (κ1) is 11.5. The highest BCUT2D eigenvalue weighted by Gasteiger charge is 2.18. The van der Waals surface area contributed by atoms with Crippen LogP contribution in [0.1, 0.15) is 0 Å². The maximum absolute atomic E-state index is 13.4. The van der Waals surface area contributed by atoms with Crippen LogP contribution in [-0.4, -0.2) is 17.4 Å². The molecule has 8 heteroatoms. The van der Waals surface area contributed by atoms with Gasteiger partial charge in [0.25, 0.3) is 0 Å². The Hall–Kier alpha value is -1.96.